The monoisotopic (exact) mass is 253 g/mol. The minimum absolute atomic E-state index is 0.659. The van der Waals surface area contributed by atoms with E-state index in [1.165, 1.54) is 42.2 Å². The topological polar surface area (TPSA) is 28.2 Å². The van der Waals surface area contributed by atoms with Gasteiger partial charge in [-0.15, -0.1) is 11.3 Å². The first kappa shape index (κ1) is 12.8. The normalized spacial score (nSPS) is 20.8. The van der Waals surface area contributed by atoms with E-state index in [-0.39, 0.29) is 0 Å². The van der Waals surface area contributed by atoms with Crippen LogP contribution in [0.5, 0.6) is 0 Å². The lowest BCUT2D eigenvalue weighted by Crippen LogP contribution is -2.37. The van der Waals surface area contributed by atoms with Gasteiger partial charge in [0.25, 0.3) is 0 Å². The highest BCUT2D eigenvalue weighted by Gasteiger charge is 2.20. The van der Waals surface area contributed by atoms with Crippen LogP contribution in [0.4, 0.5) is 5.13 Å². The summed E-state index contributed by atoms with van der Waals surface area (Å²) in [7, 11) is 0. The zero-order valence-electron chi connectivity index (χ0n) is 10.9. The predicted octanol–water partition coefficient (Wildman–Crippen LogP) is 3.02. The van der Waals surface area contributed by atoms with Crippen molar-refractivity contribution in [2.24, 2.45) is 0 Å². The summed E-state index contributed by atoms with van der Waals surface area (Å²) in [6.45, 7) is 7.74. The van der Waals surface area contributed by atoms with E-state index in [9.17, 15) is 0 Å². The fourth-order valence-corrected chi connectivity index (χ4v) is 3.29. The van der Waals surface area contributed by atoms with E-state index < -0.39 is 0 Å². The standard InChI is InChI=1S/C13H23N3S/c1-3-7-14-9-12-10-15-13(17-12)16-8-5-4-6-11(16)2/h10-11,14H,3-9H2,1-2H3. The molecule has 0 aliphatic carbocycles. The summed E-state index contributed by atoms with van der Waals surface area (Å²) in [5.74, 6) is 0. The Balaban J connectivity index is 1.92. The van der Waals surface area contributed by atoms with Crippen LogP contribution in [0.25, 0.3) is 0 Å². The molecule has 0 amide bonds. The molecule has 0 saturated carbocycles. The van der Waals surface area contributed by atoms with Crippen molar-refractivity contribution in [2.45, 2.75) is 52.1 Å². The van der Waals surface area contributed by atoms with Gasteiger partial charge in [0.15, 0.2) is 5.13 Å². The Bertz CT molecular complexity index is 337. The van der Waals surface area contributed by atoms with Crippen molar-refractivity contribution in [1.29, 1.82) is 0 Å². The first-order valence-corrected chi connectivity index (χ1v) is 7.55. The van der Waals surface area contributed by atoms with Gasteiger partial charge in [-0.3, -0.25) is 0 Å². The number of nitrogens with one attached hydrogen (secondary N) is 1. The largest absolute Gasteiger partial charge is 0.345 e. The number of hydrogen-bond donors (Lipinski definition) is 1. The third-order valence-electron chi connectivity index (χ3n) is 3.32. The molecule has 4 heteroatoms. The van der Waals surface area contributed by atoms with Crippen LogP contribution in [0.1, 0.15) is 44.4 Å². The van der Waals surface area contributed by atoms with Gasteiger partial charge in [-0.25, -0.2) is 4.98 Å². The van der Waals surface area contributed by atoms with E-state index in [2.05, 4.69) is 29.0 Å². The first-order chi connectivity index (χ1) is 8.31. The number of thiazole rings is 1. The van der Waals surface area contributed by atoms with Crippen LogP contribution in [-0.2, 0) is 6.54 Å². The molecule has 1 aromatic rings. The van der Waals surface area contributed by atoms with Gasteiger partial charge in [0.05, 0.1) is 0 Å². The van der Waals surface area contributed by atoms with Crippen LogP contribution in [0.15, 0.2) is 6.20 Å². The Morgan fingerprint density at radius 1 is 1.53 bits per heavy atom. The molecular weight excluding hydrogens is 230 g/mol. The molecule has 0 bridgehead atoms. The van der Waals surface area contributed by atoms with Gasteiger partial charge in [-0.05, 0) is 39.2 Å². The van der Waals surface area contributed by atoms with E-state index >= 15 is 0 Å². The minimum Gasteiger partial charge on any atom is -0.345 e. The molecule has 0 radical (unpaired) electrons. The van der Waals surface area contributed by atoms with Crippen molar-refractivity contribution >= 4 is 16.5 Å². The smallest absolute Gasteiger partial charge is 0.185 e. The number of hydrogen-bond acceptors (Lipinski definition) is 4. The molecule has 1 aliphatic rings. The van der Waals surface area contributed by atoms with E-state index in [1.807, 2.05) is 17.5 Å². The Morgan fingerprint density at radius 3 is 3.18 bits per heavy atom. The Kier molecular flexibility index (Phi) is 4.80. The summed E-state index contributed by atoms with van der Waals surface area (Å²) in [6.07, 6.45) is 7.21. The molecular formula is C13H23N3S. The second kappa shape index (κ2) is 6.36. The quantitative estimate of drug-likeness (QED) is 0.818. The van der Waals surface area contributed by atoms with Crippen LogP contribution >= 0.6 is 11.3 Å². The molecule has 2 rings (SSSR count). The molecule has 3 nitrogen and oxygen atoms in total. The first-order valence-electron chi connectivity index (χ1n) is 6.73. The third-order valence-corrected chi connectivity index (χ3v) is 4.35. The molecule has 1 unspecified atom stereocenters. The van der Waals surface area contributed by atoms with Crippen LogP contribution in [0.3, 0.4) is 0 Å². The highest BCUT2D eigenvalue weighted by molar-refractivity contribution is 7.15. The van der Waals surface area contributed by atoms with Crippen LogP contribution < -0.4 is 10.2 Å². The molecule has 0 aromatic carbocycles. The molecule has 1 aromatic heterocycles. The fourth-order valence-electron chi connectivity index (χ4n) is 2.28. The van der Waals surface area contributed by atoms with Crippen LogP contribution in [0, 0.1) is 0 Å². The molecule has 1 aliphatic heterocycles. The summed E-state index contributed by atoms with van der Waals surface area (Å²) in [6, 6.07) is 0.659. The number of anilines is 1. The van der Waals surface area contributed by atoms with E-state index in [4.69, 9.17) is 0 Å². The fraction of sp³-hybridized carbons (Fsp3) is 0.769. The summed E-state index contributed by atoms with van der Waals surface area (Å²) in [4.78, 5) is 8.40. The molecule has 2 heterocycles. The van der Waals surface area contributed by atoms with Gasteiger partial charge >= 0.3 is 0 Å². The van der Waals surface area contributed by atoms with E-state index in [0.29, 0.717) is 6.04 Å². The number of piperidine rings is 1. The maximum Gasteiger partial charge on any atom is 0.185 e. The third kappa shape index (κ3) is 3.42. The summed E-state index contributed by atoms with van der Waals surface area (Å²) in [5, 5.41) is 4.64. The number of nitrogens with zero attached hydrogens (tertiary/aromatic N) is 2. The minimum atomic E-state index is 0.659. The van der Waals surface area contributed by atoms with Gasteiger partial charge in [0.2, 0.25) is 0 Å². The van der Waals surface area contributed by atoms with Crippen molar-refractivity contribution < 1.29 is 0 Å². The molecule has 0 spiro atoms. The van der Waals surface area contributed by atoms with Crippen molar-refractivity contribution in [2.75, 3.05) is 18.0 Å². The zero-order chi connectivity index (χ0) is 12.1. The molecule has 17 heavy (non-hydrogen) atoms. The van der Waals surface area contributed by atoms with Gasteiger partial charge < -0.3 is 10.2 Å². The molecule has 1 fully saturated rings. The SMILES string of the molecule is CCCNCc1cnc(N2CCCCC2C)s1. The average molecular weight is 253 g/mol. The molecule has 1 atom stereocenters. The maximum atomic E-state index is 4.57. The lowest BCUT2D eigenvalue weighted by Gasteiger charge is -2.33. The molecule has 96 valence electrons. The lowest BCUT2D eigenvalue weighted by atomic mass is 10.1. The number of rotatable bonds is 5. The van der Waals surface area contributed by atoms with Crippen molar-refractivity contribution in [3.05, 3.63) is 11.1 Å². The maximum absolute atomic E-state index is 4.57. The van der Waals surface area contributed by atoms with Crippen LogP contribution in [0.2, 0.25) is 0 Å². The van der Waals surface area contributed by atoms with Gasteiger partial charge in [-0.1, -0.05) is 6.92 Å². The second-order valence-corrected chi connectivity index (χ2v) is 5.92. The lowest BCUT2D eigenvalue weighted by molar-refractivity contribution is 0.484. The Labute approximate surface area is 108 Å². The zero-order valence-corrected chi connectivity index (χ0v) is 11.7. The van der Waals surface area contributed by atoms with E-state index in [1.54, 1.807) is 0 Å². The average Bonchev–Trinajstić information content (AvgIpc) is 2.79. The van der Waals surface area contributed by atoms with Crippen molar-refractivity contribution in [1.82, 2.24) is 10.3 Å². The number of aromatic nitrogens is 1. The van der Waals surface area contributed by atoms with Crippen molar-refractivity contribution in [3.63, 3.8) is 0 Å². The van der Waals surface area contributed by atoms with Crippen molar-refractivity contribution in [3.8, 4) is 0 Å². The summed E-state index contributed by atoms with van der Waals surface area (Å²) in [5.41, 5.74) is 0. The Hall–Kier alpha value is -0.610. The van der Waals surface area contributed by atoms with Gasteiger partial charge in [0.1, 0.15) is 0 Å². The van der Waals surface area contributed by atoms with Gasteiger partial charge in [-0.2, -0.15) is 0 Å². The predicted molar refractivity (Wildman–Crippen MR) is 74.8 cm³/mol. The second-order valence-electron chi connectivity index (χ2n) is 4.82. The van der Waals surface area contributed by atoms with Gasteiger partial charge in [0, 0.05) is 30.2 Å². The highest BCUT2D eigenvalue weighted by atomic mass is 32.1. The highest BCUT2D eigenvalue weighted by Crippen LogP contribution is 2.28. The summed E-state index contributed by atoms with van der Waals surface area (Å²) >= 11 is 1.85. The summed E-state index contributed by atoms with van der Waals surface area (Å²) < 4.78 is 0. The van der Waals surface area contributed by atoms with E-state index in [0.717, 1.165) is 13.1 Å². The Morgan fingerprint density at radius 2 is 2.41 bits per heavy atom. The molecule has 1 N–H and O–H groups in total. The molecule has 1 saturated heterocycles. The van der Waals surface area contributed by atoms with Crippen LogP contribution in [-0.4, -0.2) is 24.1 Å².